The molecule has 0 unspecified atom stereocenters. The highest BCUT2D eigenvalue weighted by atomic mass is 32.2. The molecule has 1 aliphatic rings. The fourth-order valence-corrected chi connectivity index (χ4v) is 4.42. The van der Waals surface area contributed by atoms with Crippen molar-refractivity contribution >= 4 is 27.3 Å². The molecule has 1 aliphatic heterocycles. The molecule has 0 aromatic carbocycles. The summed E-state index contributed by atoms with van der Waals surface area (Å²) in [5, 5.41) is 1.69. The number of fused-ring (bicyclic) bond motifs is 1. The third kappa shape index (κ3) is 3.23. The van der Waals surface area contributed by atoms with Crippen molar-refractivity contribution in [1.29, 1.82) is 0 Å². The number of carbonyl (C=O) groups excluding carboxylic acids is 1. The first-order valence-corrected chi connectivity index (χ1v) is 9.29. The standard InChI is InChI=1S/C14H16N2O4S2/c17-13(9-15-22(18,19)14-4-2-8-21-14)16-6-1-3-12-11(10-16)5-7-20-12/h2,4-5,7-8,15H,1,3,6,9-10H2. The van der Waals surface area contributed by atoms with Crippen LogP contribution < -0.4 is 4.72 Å². The molecule has 6 nitrogen and oxygen atoms in total. The molecule has 3 heterocycles. The number of nitrogens with one attached hydrogen (secondary N) is 1. The third-order valence-corrected chi connectivity index (χ3v) is 6.36. The van der Waals surface area contributed by atoms with Crippen LogP contribution in [-0.2, 0) is 27.8 Å². The van der Waals surface area contributed by atoms with Crippen molar-refractivity contribution in [3.63, 3.8) is 0 Å². The van der Waals surface area contributed by atoms with E-state index >= 15 is 0 Å². The SMILES string of the molecule is O=C(CNS(=O)(=O)c1cccs1)N1CCCc2occc2C1. The second-order valence-corrected chi connectivity index (χ2v) is 7.99. The average molecular weight is 340 g/mol. The number of amides is 1. The number of hydrogen-bond donors (Lipinski definition) is 1. The van der Waals surface area contributed by atoms with Crippen molar-refractivity contribution in [2.24, 2.45) is 0 Å². The summed E-state index contributed by atoms with van der Waals surface area (Å²) in [5.41, 5.74) is 0.993. The first-order chi connectivity index (χ1) is 10.6. The van der Waals surface area contributed by atoms with E-state index in [1.807, 2.05) is 6.07 Å². The monoisotopic (exact) mass is 340 g/mol. The van der Waals surface area contributed by atoms with Gasteiger partial charge in [0.15, 0.2) is 0 Å². The van der Waals surface area contributed by atoms with Crippen LogP contribution in [0.3, 0.4) is 0 Å². The Morgan fingerprint density at radius 3 is 3.05 bits per heavy atom. The molecule has 0 saturated carbocycles. The third-order valence-electron chi connectivity index (χ3n) is 3.56. The number of hydrogen-bond acceptors (Lipinski definition) is 5. The van der Waals surface area contributed by atoms with Gasteiger partial charge in [0.2, 0.25) is 5.91 Å². The van der Waals surface area contributed by atoms with E-state index in [1.54, 1.807) is 22.6 Å². The second kappa shape index (κ2) is 6.23. The first-order valence-electron chi connectivity index (χ1n) is 6.92. The molecule has 0 saturated heterocycles. The van der Waals surface area contributed by atoms with Crippen LogP contribution in [0.5, 0.6) is 0 Å². The van der Waals surface area contributed by atoms with Gasteiger partial charge < -0.3 is 9.32 Å². The summed E-state index contributed by atoms with van der Waals surface area (Å²) in [5.74, 6) is 0.684. The number of nitrogens with zero attached hydrogens (tertiary/aromatic N) is 1. The molecule has 118 valence electrons. The molecule has 0 radical (unpaired) electrons. The molecule has 1 amide bonds. The molecular weight excluding hydrogens is 324 g/mol. The van der Waals surface area contributed by atoms with Crippen molar-refractivity contribution in [3.8, 4) is 0 Å². The molecule has 0 fully saturated rings. The van der Waals surface area contributed by atoms with Crippen molar-refractivity contribution in [1.82, 2.24) is 9.62 Å². The number of aryl methyl sites for hydroxylation is 1. The fraction of sp³-hybridized carbons (Fsp3) is 0.357. The first kappa shape index (κ1) is 15.3. The van der Waals surface area contributed by atoms with E-state index in [4.69, 9.17) is 4.42 Å². The highest BCUT2D eigenvalue weighted by molar-refractivity contribution is 7.91. The molecule has 1 N–H and O–H groups in total. The van der Waals surface area contributed by atoms with Crippen LogP contribution in [0.2, 0.25) is 0 Å². The average Bonchev–Trinajstić information content (AvgIpc) is 3.14. The summed E-state index contributed by atoms with van der Waals surface area (Å²) in [6.45, 7) is 0.836. The molecule has 0 atom stereocenters. The van der Waals surface area contributed by atoms with Gasteiger partial charge in [-0.3, -0.25) is 4.79 Å². The van der Waals surface area contributed by atoms with Gasteiger partial charge in [0, 0.05) is 25.1 Å². The number of furan rings is 1. The van der Waals surface area contributed by atoms with E-state index in [-0.39, 0.29) is 16.7 Å². The van der Waals surface area contributed by atoms with E-state index in [0.717, 1.165) is 35.5 Å². The van der Waals surface area contributed by atoms with Crippen LogP contribution >= 0.6 is 11.3 Å². The number of rotatable bonds is 4. The normalized spacial score (nSPS) is 15.4. The van der Waals surface area contributed by atoms with Crippen LogP contribution in [0.25, 0.3) is 0 Å². The van der Waals surface area contributed by atoms with Crippen LogP contribution in [0.15, 0.2) is 38.5 Å². The smallest absolute Gasteiger partial charge is 0.250 e. The van der Waals surface area contributed by atoms with Crippen LogP contribution in [0.1, 0.15) is 17.7 Å². The van der Waals surface area contributed by atoms with Gasteiger partial charge in [0.05, 0.1) is 12.8 Å². The number of thiophene rings is 1. The van der Waals surface area contributed by atoms with Gasteiger partial charge in [-0.1, -0.05) is 6.07 Å². The lowest BCUT2D eigenvalue weighted by molar-refractivity contribution is -0.130. The zero-order valence-electron chi connectivity index (χ0n) is 11.8. The van der Waals surface area contributed by atoms with Gasteiger partial charge in [-0.2, -0.15) is 0 Å². The molecular formula is C14H16N2O4S2. The fourth-order valence-electron chi connectivity index (χ4n) is 2.41. The maximum atomic E-state index is 12.3. The minimum atomic E-state index is -3.61. The van der Waals surface area contributed by atoms with Crippen LogP contribution in [-0.4, -0.2) is 32.3 Å². The molecule has 0 spiro atoms. The van der Waals surface area contributed by atoms with E-state index in [0.29, 0.717) is 13.1 Å². The lowest BCUT2D eigenvalue weighted by Gasteiger charge is -2.20. The zero-order valence-corrected chi connectivity index (χ0v) is 13.5. The Hall–Kier alpha value is -1.64. The van der Waals surface area contributed by atoms with Gasteiger partial charge in [0.25, 0.3) is 10.0 Å². The second-order valence-electron chi connectivity index (χ2n) is 5.04. The van der Waals surface area contributed by atoms with Gasteiger partial charge in [0.1, 0.15) is 9.97 Å². The quantitative estimate of drug-likeness (QED) is 0.917. The summed E-state index contributed by atoms with van der Waals surface area (Å²) in [6.07, 6.45) is 3.23. The summed E-state index contributed by atoms with van der Waals surface area (Å²) in [6, 6.07) is 5.04. The maximum Gasteiger partial charge on any atom is 0.250 e. The lowest BCUT2D eigenvalue weighted by Crippen LogP contribution is -2.39. The number of sulfonamides is 1. The predicted octanol–water partition coefficient (Wildman–Crippen LogP) is 1.59. The van der Waals surface area contributed by atoms with Crippen molar-refractivity contribution in [3.05, 3.63) is 41.2 Å². The van der Waals surface area contributed by atoms with Gasteiger partial charge in [-0.15, -0.1) is 11.3 Å². The lowest BCUT2D eigenvalue weighted by atomic mass is 10.2. The summed E-state index contributed by atoms with van der Waals surface area (Å²) < 4.78 is 32.0. The molecule has 8 heteroatoms. The highest BCUT2D eigenvalue weighted by Gasteiger charge is 2.23. The Balaban J connectivity index is 1.63. The molecule has 3 rings (SSSR count). The largest absolute Gasteiger partial charge is 0.469 e. The summed E-state index contributed by atoms with van der Waals surface area (Å²) in [7, 11) is -3.61. The topological polar surface area (TPSA) is 79.6 Å². The molecule has 0 bridgehead atoms. The Kier molecular flexibility index (Phi) is 4.32. The molecule has 22 heavy (non-hydrogen) atoms. The molecule has 0 aliphatic carbocycles. The summed E-state index contributed by atoms with van der Waals surface area (Å²) in [4.78, 5) is 13.9. The molecule has 2 aromatic rings. The minimum absolute atomic E-state index is 0.216. The van der Waals surface area contributed by atoms with E-state index in [2.05, 4.69) is 4.72 Å². The van der Waals surface area contributed by atoms with E-state index in [9.17, 15) is 13.2 Å². The van der Waals surface area contributed by atoms with E-state index in [1.165, 1.54) is 6.07 Å². The van der Waals surface area contributed by atoms with Crippen LogP contribution in [0, 0.1) is 0 Å². The van der Waals surface area contributed by atoms with E-state index < -0.39 is 10.0 Å². The Labute approximate surface area is 132 Å². The van der Waals surface area contributed by atoms with Crippen molar-refractivity contribution in [2.45, 2.75) is 23.6 Å². The number of carbonyl (C=O) groups is 1. The van der Waals surface area contributed by atoms with Gasteiger partial charge >= 0.3 is 0 Å². The Morgan fingerprint density at radius 2 is 2.27 bits per heavy atom. The molecule has 2 aromatic heterocycles. The summed E-state index contributed by atoms with van der Waals surface area (Å²) >= 11 is 1.12. The Morgan fingerprint density at radius 1 is 1.41 bits per heavy atom. The van der Waals surface area contributed by atoms with Gasteiger partial charge in [-0.25, -0.2) is 13.1 Å². The van der Waals surface area contributed by atoms with Crippen molar-refractivity contribution < 1.29 is 17.6 Å². The minimum Gasteiger partial charge on any atom is -0.469 e. The van der Waals surface area contributed by atoms with Crippen molar-refractivity contribution in [2.75, 3.05) is 13.1 Å². The zero-order chi connectivity index (χ0) is 15.6. The predicted molar refractivity (Wildman–Crippen MR) is 82.0 cm³/mol. The Bertz CT molecular complexity index is 750. The van der Waals surface area contributed by atoms with Gasteiger partial charge in [-0.05, 0) is 23.9 Å². The maximum absolute atomic E-state index is 12.3. The van der Waals surface area contributed by atoms with Crippen LogP contribution in [0.4, 0.5) is 0 Å². The highest BCUT2D eigenvalue weighted by Crippen LogP contribution is 2.20.